The Bertz CT molecular complexity index is 1130. The molecule has 0 spiro atoms. The summed E-state index contributed by atoms with van der Waals surface area (Å²) >= 11 is 0. The SMILES string of the molecule is CC(=O)N1CCN(C(CC2CC2)c2ccc([C@H](C)Nc3nccc(N4C(=O)OC[C@@H]4C(C)C)n3)cc2)CC1. The molecule has 3 atom stereocenters. The summed E-state index contributed by atoms with van der Waals surface area (Å²) in [5.41, 5.74) is 2.49. The third-order valence-corrected chi connectivity index (χ3v) is 8.18. The molecule has 3 aliphatic rings. The number of hydrogen-bond donors (Lipinski definition) is 1. The molecule has 204 valence electrons. The summed E-state index contributed by atoms with van der Waals surface area (Å²) in [5.74, 6) is 2.28. The largest absolute Gasteiger partial charge is 0.447 e. The summed E-state index contributed by atoms with van der Waals surface area (Å²) in [6, 6.07) is 11.0. The molecular weight excluding hydrogens is 480 g/mol. The van der Waals surface area contributed by atoms with Crippen LogP contribution < -0.4 is 10.2 Å². The summed E-state index contributed by atoms with van der Waals surface area (Å²) in [6.45, 7) is 11.7. The third kappa shape index (κ3) is 5.93. The number of rotatable bonds is 9. The van der Waals surface area contributed by atoms with E-state index in [0.717, 1.165) is 37.7 Å². The lowest BCUT2D eigenvalue weighted by Gasteiger charge is -2.39. The van der Waals surface area contributed by atoms with E-state index in [1.54, 1.807) is 24.1 Å². The van der Waals surface area contributed by atoms with Crippen LogP contribution in [0.25, 0.3) is 0 Å². The molecule has 1 aliphatic carbocycles. The zero-order chi connectivity index (χ0) is 26.8. The van der Waals surface area contributed by atoms with Gasteiger partial charge in [0.2, 0.25) is 11.9 Å². The van der Waals surface area contributed by atoms with Gasteiger partial charge in [-0.15, -0.1) is 0 Å². The van der Waals surface area contributed by atoms with Crippen LogP contribution >= 0.6 is 0 Å². The predicted molar refractivity (Wildman–Crippen MR) is 147 cm³/mol. The van der Waals surface area contributed by atoms with E-state index in [1.165, 1.54) is 24.8 Å². The minimum Gasteiger partial charge on any atom is -0.447 e. The number of anilines is 2. The van der Waals surface area contributed by atoms with Crippen molar-refractivity contribution >= 4 is 23.8 Å². The maximum Gasteiger partial charge on any atom is 0.415 e. The topological polar surface area (TPSA) is 90.9 Å². The van der Waals surface area contributed by atoms with Crippen LogP contribution in [0.4, 0.5) is 16.6 Å². The molecule has 1 unspecified atom stereocenters. The van der Waals surface area contributed by atoms with Gasteiger partial charge in [-0.2, -0.15) is 4.98 Å². The van der Waals surface area contributed by atoms with Crippen molar-refractivity contribution in [3.05, 3.63) is 47.7 Å². The highest BCUT2D eigenvalue weighted by Crippen LogP contribution is 2.40. The molecule has 1 aromatic carbocycles. The number of hydrogen-bond acceptors (Lipinski definition) is 7. The molecule has 2 aliphatic heterocycles. The number of nitrogens with one attached hydrogen (secondary N) is 1. The second kappa shape index (κ2) is 11.3. The number of carbonyl (C=O) groups excluding carboxylic acids is 2. The van der Waals surface area contributed by atoms with Gasteiger partial charge in [0, 0.05) is 45.3 Å². The van der Waals surface area contributed by atoms with Gasteiger partial charge in [-0.1, -0.05) is 51.0 Å². The molecule has 3 heterocycles. The molecule has 1 N–H and O–H groups in total. The average molecular weight is 521 g/mol. The molecule has 3 fully saturated rings. The van der Waals surface area contributed by atoms with Crippen LogP contribution in [0.2, 0.25) is 0 Å². The number of ether oxygens (including phenoxy) is 1. The molecule has 1 saturated carbocycles. The van der Waals surface area contributed by atoms with Crippen molar-refractivity contribution in [1.29, 1.82) is 0 Å². The van der Waals surface area contributed by atoms with Gasteiger partial charge in [-0.25, -0.2) is 9.78 Å². The van der Waals surface area contributed by atoms with Crippen LogP contribution in [-0.4, -0.2) is 70.6 Å². The van der Waals surface area contributed by atoms with E-state index >= 15 is 0 Å². The zero-order valence-electron chi connectivity index (χ0n) is 23.0. The van der Waals surface area contributed by atoms with Crippen LogP contribution in [0, 0.1) is 11.8 Å². The lowest BCUT2D eigenvalue weighted by molar-refractivity contribution is -0.130. The van der Waals surface area contributed by atoms with Gasteiger partial charge in [0.25, 0.3) is 0 Å². The van der Waals surface area contributed by atoms with E-state index in [4.69, 9.17) is 4.74 Å². The number of amides is 2. The van der Waals surface area contributed by atoms with Gasteiger partial charge < -0.3 is 15.0 Å². The predicted octanol–water partition coefficient (Wildman–Crippen LogP) is 4.64. The first-order valence-electron chi connectivity index (χ1n) is 13.9. The Balaban J connectivity index is 1.26. The minimum absolute atomic E-state index is 0.00767. The Morgan fingerprint density at radius 3 is 2.37 bits per heavy atom. The van der Waals surface area contributed by atoms with Gasteiger partial charge in [0.1, 0.15) is 12.4 Å². The number of piperazine rings is 1. The van der Waals surface area contributed by atoms with Crippen LogP contribution in [0.15, 0.2) is 36.5 Å². The fourth-order valence-electron chi connectivity index (χ4n) is 5.54. The fourth-order valence-corrected chi connectivity index (χ4v) is 5.54. The van der Waals surface area contributed by atoms with E-state index in [1.807, 2.05) is 4.90 Å². The van der Waals surface area contributed by atoms with Crippen LogP contribution in [0.3, 0.4) is 0 Å². The highest BCUT2D eigenvalue weighted by atomic mass is 16.6. The lowest BCUT2D eigenvalue weighted by Crippen LogP contribution is -2.49. The van der Waals surface area contributed by atoms with E-state index in [2.05, 4.69) is 65.2 Å². The number of carbonyl (C=O) groups is 2. The smallest absolute Gasteiger partial charge is 0.415 e. The molecule has 2 amide bonds. The van der Waals surface area contributed by atoms with Crippen LogP contribution in [-0.2, 0) is 9.53 Å². The van der Waals surface area contributed by atoms with Crippen molar-refractivity contribution in [3.8, 4) is 0 Å². The van der Waals surface area contributed by atoms with Gasteiger partial charge in [-0.05, 0) is 42.4 Å². The molecule has 38 heavy (non-hydrogen) atoms. The first-order valence-corrected chi connectivity index (χ1v) is 13.9. The molecule has 9 heteroatoms. The molecule has 1 aromatic heterocycles. The summed E-state index contributed by atoms with van der Waals surface area (Å²) in [7, 11) is 0. The Kier molecular flexibility index (Phi) is 7.83. The summed E-state index contributed by atoms with van der Waals surface area (Å²) < 4.78 is 5.29. The number of aromatic nitrogens is 2. The Morgan fingerprint density at radius 1 is 1.05 bits per heavy atom. The van der Waals surface area contributed by atoms with Crippen molar-refractivity contribution in [3.63, 3.8) is 0 Å². The van der Waals surface area contributed by atoms with E-state index < -0.39 is 0 Å². The second-order valence-corrected chi connectivity index (χ2v) is 11.3. The second-order valence-electron chi connectivity index (χ2n) is 11.3. The number of benzene rings is 1. The standard InChI is InChI=1S/C29H40N6O3/c1-19(2)26-18-38-29(37)35(26)27-11-12-30-28(32-27)31-20(3)23-7-9-24(10-8-23)25(17-22-5-6-22)34-15-13-33(14-16-34)21(4)36/h7-12,19-20,22,25-26H,5-6,13-18H2,1-4H3,(H,30,31,32)/t20-,25?,26+/m0/s1. The van der Waals surface area contributed by atoms with Crippen LogP contribution in [0.5, 0.6) is 0 Å². The Hall–Kier alpha value is -3.20. The van der Waals surface area contributed by atoms with Crippen LogP contribution in [0.1, 0.15) is 70.2 Å². The van der Waals surface area contributed by atoms with E-state index in [9.17, 15) is 9.59 Å². The Morgan fingerprint density at radius 2 is 1.74 bits per heavy atom. The average Bonchev–Trinajstić information content (AvgIpc) is 3.65. The van der Waals surface area contributed by atoms with Gasteiger partial charge in [-0.3, -0.25) is 14.6 Å². The van der Waals surface area contributed by atoms with Crippen molar-refractivity contribution < 1.29 is 14.3 Å². The number of cyclic esters (lactones) is 1. The molecule has 5 rings (SSSR count). The minimum atomic E-state index is -0.361. The van der Waals surface area contributed by atoms with Gasteiger partial charge in [0.15, 0.2) is 0 Å². The highest BCUT2D eigenvalue weighted by molar-refractivity contribution is 5.89. The summed E-state index contributed by atoms with van der Waals surface area (Å²) in [5, 5.41) is 3.40. The van der Waals surface area contributed by atoms with Gasteiger partial charge >= 0.3 is 6.09 Å². The molecule has 0 bridgehead atoms. The quantitative estimate of drug-likeness (QED) is 0.515. The first kappa shape index (κ1) is 26.4. The monoisotopic (exact) mass is 520 g/mol. The molecular formula is C29H40N6O3. The fraction of sp³-hybridized carbons (Fsp3) is 0.586. The van der Waals surface area contributed by atoms with E-state index in [0.29, 0.717) is 24.4 Å². The highest BCUT2D eigenvalue weighted by Gasteiger charge is 2.37. The molecule has 2 saturated heterocycles. The maximum atomic E-state index is 12.4. The molecule has 0 radical (unpaired) electrons. The maximum absolute atomic E-state index is 12.4. The van der Waals surface area contributed by atoms with Gasteiger partial charge in [0.05, 0.1) is 12.1 Å². The van der Waals surface area contributed by atoms with Crippen molar-refractivity contribution in [2.75, 3.05) is 43.0 Å². The summed E-state index contributed by atoms with van der Waals surface area (Å²) in [4.78, 5) is 39.3. The zero-order valence-corrected chi connectivity index (χ0v) is 23.0. The third-order valence-electron chi connectivity index (χ3n) is 8.18. The van der Waals surface area contributed by atoms with E-state index in [-0.39, 0.29) is 30.0 Å². The number of nitrogens with zero attached hydrogens (tertiary/aromatic N) is 5. The lowest BCUT2D eigenvalue weighted by atomic mass is 9.96. The normalized spacial score (nSPS) is 21.9. The Labute approximate surface area is 225 Å². The van der Waals surface area contributed by atoms with Crippen molar-refractivity contribution in [2.24, 2.45) is 11.8 Å². The van der Waals surface area contributed by atoms with Crippen molar-refractivity contribution in [1.82, 2.24) is 19.8 Å². The summed E-state index contributed by atoms with van der Waals surface area (Å²) in [6.07, 6.45) is 5.16. The first-order chi connectivity index (χ1) is 18.3. The molecule has 2 aromatic rings. The van der Waals surface area contributed by atoms with Crippen molar-refractivity contribution in [2.45, 2.75) is 65.1 Å². The molecule has 9 nitrogen and oxygen atoms in total.